The van der Waals surface area contributed by atoms with E-state index in [-0.39, 0.29) is 5.78 Å². The molecule has 0 bridgehead atoms. The third-order valence-electron chi connectivity index (χ3n) is 4.61. The smallest absolute Gasteiger partial charge is 0.176 e. The molecule has 1 heterocycles. The van der Waals surface area contributed by atoms with Crippen molar-refractivity contribution in [2.75, 3.05) is 19.7 Å². The Morgan fingerprint density at radius 2 is 2.10 bits per heavy atom. The van der Waals surface area contributed by atoms with Gasteiger partial charge in [0.25, 0.3) is 0 Å². The summed E-state index contributed by atoms with van der Waals surface area (Å²) < 4.78 is 5.50. The predicted octanol–water partition coefficient (Wildman–Crippen LogP) is 2.68. The first-order valence-electron chi connectivity index (χ1n) is 7.82. The zero-order valence-corrected chi connectivity index (χ0v) is 11.8. The van der Waals surface area contributed by atoms with E-state index in [4.69, 9.17) is 4.74 Å². The summed E-state index contributed by atoms with van der Waals surface area (Å²) in [4.78, 5) is 14.9. The highest BCUT2D eigenvalue weighted by Crippen LogP contribution is 2.35. The molecule has 2 aliphatic carbocycles. The van der Waals surface area contributed by atoms with Crippen molar-refractivity contribution in [3.63, 3.8) is 0 Å². The van der Waals surface area contributed by atoms with Gasteiger partial charge in [0.1, 0.15) is 5.75 Å². The fraction of sp³-hybridized carbons (Fsp3) is 0.588. The minimum atomic E-state index is 0.271. The lowest BCUT2D eigenvalue weighted by Crippen LogP contribution is -2.33. The first-order chi connectivity index (χ1) is 9.79. The lowest BCUT2D eigenvalue weighted by atomic mass is 10.0. The first-order valence-corrected chi connectivity index (χ1v) is 7.82. The minimum Gasteiger partial charge on any atom is -0.493 e. The zero-order valence-electron chi connectivity index (χ0n) is 11.8. The van der Waals surface area contributed by atoms with Crippen LogP contribution >= 0.6 is 0 Å². The Kier molecular flexibility index (Phi) is 3.03. The van der Waals surface area contributed by atoms with Crippen molar-refractivity contribution >= 4 is 5.78 Å². The molecular weight excluding hydrogens is 250 g/mol. The van der Waals surface area contributed by atoms with Crippen LogP contribution in [0.1, 0.15) is 41.6 Å². The van der Waals surface area contributed by atoms with Gasteiger partial charge in [-0.25, -0.2) is 0 Å². The van der Waals surface area contributed by atoms with Crippen LogP contribution in [-0.2, 0) is 6.42 Å². The van der Waals surface area contributed by atoms with E-state index in [1.165, 1.54) is 31.2 Å². The second-order valence-corrected chi connectivity index (χ2v) is 6.45. The molecule has 4 rings (SSSR count). The predicted molar refractivity (Wildman–Crippen MR) is 77.3 cm³/mol. The Morgan fingerprint density at radius 3 is 2.85 bits per heavy atom. The van der Waals surface area contributed by atoms with Gasteiger partial charge >= 0.3 is 0 Å². The maximum absolute atomic E-state index is 12.5. The third-order valence-corrected chi connectivity index (χ3v) is 4.61. The van der Waals surface area contributed by atoms with Crippen LogP contribution in [0.2, 0.25) is 0 Å². The van der Waals surface area contributed by atoms with Gasteiger partial charge in [-0.1, -0.05) is 0 Å². The second-order valence-electron chi connectivity index (χ2n) is 6.45. The molecule has 3 nitrogen and oxygen atoms in total. The van der Waals surface area contributed by atoms with Crippen LogP contribution in [0.4, 0.5) is 0 Å². The summed E-state index contributed by atoms with van der Waals surface area (Å²) >= 11 is 0. The van der Waals surface area contributed by atoms with Gasteiger partial charge in [-0.15, -0.1) is 0 Å². The summed E-state index contributed by atoms with van der Waals surface area (Å²) in [5, 5.41) is 0. The highest BCUT2D eigenvalue weighted by molar-refractivity contribution is 5.98. The van der Waals surface area contributed by atoms with E-state index in [0.29, 0.717) is 12.6 Å². The van der Waals surface area contributed by atoms with E-state index >= 15 is 0 Å². The van der Waals surface area contributed by atoms with E-state index < -0.39 is 0 Å². The molecule has 1 aliphatic heterocycles. The molecule has 0 radical (unpaired) electrons. The van der Waals surface area contributed by atoms with Crippen LogP contribution in [0.5, 0.6) is 5.75 Å². The topological polar surface area (TPSA) is 29.5 Å². The van der Waals surface area contributed by atoms with Gasteiger partial charge in [-0.3, -0.25) is 9.69 Å². The van der Waals surface area contributed by atoms with Crippen molar-refractivity contribution in [3.05, 3.63) is 29.3 Å². The highest BCUT2D eigenvalue weighted by Gasteiger charge is 2.34. The molecule has 20 heavy (non-hydrogen) atoms. The molecule has 0 saturated heterocycles. The van der Waals surface area contributed by atoms with Crippen molar-refractivity contribution < 1.29 is 9.53 Å². The summed E-state index contributed by atoms with van der Waals surface area (Å²) in [6.45, 7) is 2.48. The molecule has 0 atom stereocenters. The maximum atomic E-state index is 12.5. The Bertz CT molecular complexity index is 532. The summed E-state index contributed by atoms with van der Waals surface area (Å²) in [7, 11) is 0. The molecule has 3 aliphatic rings. The number of rotatable bonds is 6. The van der Waals surface area contributed by atoms with Gasteiger partial charge in [-0.2, -0.15) is 0 Å². The molecule has 1 aromatic rings. The fourth-order valence-corrected chi connectivity index (χ4v) is 3.05. The Labute approximate surface area is 119 Å². The Hall–Kier alpha value is -1.35. The molecule has 0 aromatic heterocycles. The van der Waals surface area contributed by atoms with Gasteiger partial charge in [0, 0.05) is 24.6 Å². The SMILES string of the molecule is O=C(CN(CC1CC1)C1CC1)c1ccc2c(c1)CCO2. The van der Waals surface area contributed by atoms with Crippen LogP contribution in [0, 0.1) is 5.92 Å². The van der Waals surface area contributed by atoms with Crippen LogP contribution < -0.4 is 4.74 Å². The normalized spacial score (nSPS) is 20.9. The van der Waals surface area contributed by atoms with E-state index in [2.05, 4.69) is 4.90 Å². The molecule has 2 saturated carbocycles. The molecule has 106 valence electrons. The van der Waals surface area contributed by atoms with Gasteiger partial charge < -0.3 is 4.74 Å². The molecule has 0 spiro atoms. The molecule has 0 N–H and O–H groups in total. The molecular formula is C17H21NO2. The van der Waals surface area contributed by atoms with Crippen molar-refractivity contribution in [3.8, 4) is 5.75 Å². The number of fused-ring (bicyclic) bond motifs is 1. The van der Waals surface area contributed by atoms with E-state index in [9.17, 15) is 4.79 Å². The number of Topliss-reactive ketones (excluding diaryl/α,β-unsaturated/α-hetero) is 1. The summed E-state index contributed by atoms with van der Waals surface area (Å²) in [5.74, 6) is 2.09. The number of carbonyl (C=O) groups is 1. The van der Waals surface area contributed by atoms with Gasteiger partial charge in [0.15, 0.2) is 5.78 Å². The van der Waals surface area contributed by atoms with Gasteiger partial charge in [-0.05, 0) is 55.4 Å². The van der Waals surface area contributed by atoms with Crippen molar-refractivity contribution in [2.45, 2.75) is 38.1 Å². The van der Waals surface area contributed by atoms with Crippen LogP contribution in [0.3, 0.4) is 0 Å². The number of ketones is 1. The highest BCUT2D eigenvalue weighted by atomic mass is 16.5. The van der Waals surface area contributed by atoms with Crippen molar-refractivity contribution in [1.82, 2.24) is 4.90 Å². The van der Waals surface area contributed by atoms with Crippen LogP contribution in [-0.4, -0.2) is 36.4 Å². The summed E-state index contributed by atoms with van der Waals surface area (Å²) in [6, 6.07) is 6.59. The zero-order chi connectivity index (χ0) is 13.5. The maximum Gasteiger partial charge on any atom is 0.176 e. The number of ether oxygens (including phenoxy) is 1. The van der Waals surface area contributed by atoms with E-state index in [1.54, 1.807) is 0 Å². The first kappa shape index (κ1) is 12.4. The molecule has 2 fully saturated rings. The van der Waals surface area contributed by atoms with Crippen molar-refractivity contribution in [1.29, 1.82) is 0 Å². The average Bonchev–Trinajstić information content (AvgIpc) is 3.36. The number of hydrogen-bond donors (Lipinski definition) is 0. The van der Waals surface area contributed by atoms with E-state index in [0.717, 1.165) is 36.8 Å². The second kappa shape index (κ2) is 4.88. The largest absolute Gasteiger partial charge is 0.493 e. The monoisotopic (exact) mass is 271 g/mol. The lowest BCUT2D eigenvalue weighted by Gasteiger charge is -2.21. The van der Waals surface area contributed by atoms with Gasteiger partial charge in [0.05, 0.1) is 13.2 Å². The standard InChI is InChI=1S/C17H21NO2/c19-16(11-18(15-4-5-15)10-12-1-2-12)13-3-6-17-14(9-13)7-8-20-17/h3,6,9,12,15H,1-2,4-5,7-8,10-11H2. The molecule has 0 unspecified atom stereocenters. The number of carbonyl (C=O) groups excluding carboxylic acids is 1. The average molecular weight is 271 g/mol. The van der Waals surface area contributed by atoms with Crippen LogP contribution in [0.25, 0.3) is 0 Å². The number of benzene rings is 1. The quantitative estimate of drug-likeness (QED) is 0.745. The summed E-state index contributed by atoms with van der Waals surface area (Å²) in [5.41, 5.74) is 2.05. The van der Waals surface area contributed by atoms with Crippen LogP contribution in [0.15, 0.2) is 18.2 Å². The Morgan fingerprint density at radius 1 is 1.25 bits per heavy atom. The molecule has 0 amide bonds. The third kappa shape index (κ3) is 2.59. The lowest BCUT2D eigenvalue weighted by molar-refractivity contribution is 0.0921. The molecule has 1 aromatic carbocycles. The summed E-state index contributed by atoms with van der Waals surface area (Å²) in [6.07, 6.45) is 6.20. The van der Waals surface area contributed by atoms with E-state index in [1.807, 2.05) is 18.2 Å². The Balaban J connectivity index is 1.45. The van der Waals surface area contributed by atoms with Gasteiger partial charge in [0.2, 0.25) is 0 Å². The number of hydrogen-bond acceptors (Lipinski definition) is 3. The molecule has 3 heteroatoms. The number of nitrogens with zero attached hydrogens (tertiary/aromatic N) is 1. The van der Waals surface area contributed by atoms with Crippen molar-refractivity contribution in [2.24, 2.45) is 5.92 Å². The minimum absolute atomic E-state index is 0.271. The fourth-order valence-electron chi connectivity index (χ4n) is 3.05.